The lowest BCUT2D eigenvalue weighted by molar-refractivity contribution is 0.983. The number of nitrogens with zero attached hydrogens (tertiary/aromatic N) is 7. The first-order valence-corrected chi connectivity index (χ1v) is 23.3. The van der Waals surface area contributed by atoms with Gasteiger partial charge in [-0.05, 0) is 92.5 Å². The second kappa shape index (κ2) is 13.9. The lowest BCUT2D eigenvalue weighted by atomic mass is 10.1. The molecule has 13 rings (SSSR count). The maximum Gasteiger partial charge on any atom is 0.221 e. The average molecular weight is 824 g/mol. The van der Waals surface area contributed by atoms with Crippen molar-refractivity contribution in [2.75, 3.05) is 0 Å². The first-order chi connectivity index (χ1) is 31.3. The van der Waals surface area contributed by atoms with Gasteiger partial charge in [-0.3, -0.25) is 17.9 Å². The molecule has 0 spiro atoms. The summed E-state index contributed by atoms with van der Waals surface area (Å²) in [6, 6.07) is 80.7. The Balaban J connectivity index is 1.09. The molecule has 5 aromatic heterocycles. The van der Waals surface area contributed by atoms with Crippen molar-refractivity contribution >= 4 is 84.5 Å². The lowest BCUT2D eigenvalue weighted by Crippen LogP contribution is -2.74. The maximum atomic E-state index is 5.59. The predicted molar refractivity (Wildman–Crippen MR) is 259 cm³/mol. The van der Waals surface area contributed by atoms with Crippen LogP contribution in [0.4, 0.5) is 0 Å². The first-order valence-electron chi connectivity index (χ1n) is 21.3. The van der Waals surface area contributed by atoms with E-state index in [1.54, 1.807) is 0 Å². The Morgan fingerprint density at radius 2 is 0.635 bits per heavy atom. The molecular formula is C55H37N7Si. The summed E-state index contributed by atoms with van der Waals surface area (Å²) in [5.74, 6) is 3.15. The highest BCUT2D eigenvalue weighted by Crippen LogP contribution is 2.34. The number of aromatic nitrogens is 7. The Hall–Kier alpha value is -8.33. The van der Waals surface area contributed by atoms with Crippen molar-refractivity contribution < 1.29 is 0 Å². The smallest absolute Gasteiger partial charge is 0.221 e. The summed E-state index contributed by atoms with van der Waals surface area (Å²) < 4.78 is 8.91. The van der Waals surface area contributed by atoms with Crippen LogP contribution in [0, 0.1) is 0 Å². The zero-order chi connectivity index (χ0) is 41.5. The summed E-state index contributed by atoms with van der Waals surface area (Å²) in [4.78, 5) is 16.1. The topological polar surface area (TPSA) is 57.4 Å². The van der Waals surface area contributed by atoms with Crippen LogP contribution in [0.25, 0.3) is 78.5 Å². The number of benzene rings is 8. The van der Waals surface area contributed by atoms with Crippen LogP contribution in [0.3, 0.4) is 0 Å². The number of imidazole rings is 4. The maximum absolute atomic E-state index is 5.59. The van der Waals surface area contributed by atoms with Crippen molar-refractivity contribution in [1.29, 1.82) is 0 Å². The average Bonchev–Trinajstić information content (AvgIpc) is 4.09. The molecule has 296 valence electrons. The Morgan fingerprint density at radius 3 is 1.06 bits per heavy atom. The summed E-state index contributed by atoms with van der Waals surface area (Å²) in [5.41, 5.74) is 10.3. The molecule has 0 atom stereocenters. The molecule has 0 bridgehead atoms. The zero-order valence-corrected chi connectivity index (χ0v) is 35.0. The van der Waals surface area contributed by atoms with Crippen LogP contribution < -0.4 is 20.7 Å². The summed E-state index contributed by atoms with van der Waals surface area (Å²) >= 11 is 0. The zero-order valence-electron chi connectivity index (χ0n) is 34.0. The quantitative estimate of drug-likeness (QED) is 0.119. The minimum Gasteiger partial charge on any atom is -0.276 e. The largest absolute Gasteiger partial charge is 0.276 e. The van der Waals surface area contributed by atoms with Crippen molar-refractivity contribution in [1.82, 2.24) is 32.9 Å². The van der Waals surface area contributed by atoms with Gasteiger partial charge in [0.2, 0.25) is 11.6 Å². The van der Waals surface area contributed by atoms with Crippen LogP contribution in [-0.2, 0) is 0 Å². The van der Waals surface area contributed by atoms with Crippen molar-refractivity contribution in [3.8, 4) is 22.8 Å². The van der Waals surface area contributed by atoms with E-state index in [4.69, 9.17) is 15.0 Å². The minimum atomic E-state index is -2.73. The third-order valence-electron chi connectivity index (χ3n) is 12.7. The highest BCUT2D eigenvalue weighted by molar-refractivity contribution is 7.19. The minimum absolute atomic E-state index is 0.765. The standard InChI is InChI=1S/C55H37N7Si/c1-4-18-40(19-5-1)63(41-20-6-2-7-21-41,42-22-8-3-9-23-42)43-34-32-38(33-35-43)39-36-52(61-50-30-16-14-28-48(50)59-46-26-12-10-24-44(46)56-54(59)61)58-53(37-39)62-51-31-17-15-29-49(51)60-47-27-13-11-25-45(47)57-55(60)62/h1-37H. The van der Waals surface area contributed by atoms with Gasteiger partial charge in [-0.1, -0.05) is 164 Å². The van der Waals surface area contributed by atoms with Gasteiger partial charge in [0, 0.05) is 0 Å². The molecule has 0 amide bonds. The molecule has 0 aliphatic carbocycles. The fourth-order valence-corrected chi connectivity index (χ4v) is 14.8. The third-order valence-corrected chi connectivity index (χ3v) is 17.5. The van der Waals surface area contributed by atoms with E-state index in [-0.39, 0.29) is 0 Å². The number of rotatable bonds is 7. The molecule has 0 radical (unpaired) electrons. The van der Waals surface area contributed by atoms with E-state index in [2.05, 4.69) is 230 Å². The van der Waals surface area contributed by atoms with Gasteiger partial charge in [0.25, 0.3) is 0 Å². The molecule has 8 heteroatoms. The van der Waals surface area contributed by atoms with Crippen LogP contribution in [0.2, 0.25) is 0 Å². The van der Waals surface area contributed by atoms with E-state index in [9.17, 15) is 0 Å². The predicted octanol–water partition coefficient (Wildman–Crippen LogP) is 9.62. The molecule has 13 aromatic rings. The second-order valence-electron chi connectivity index (χ2n) is 16.1. The van der Waals surface area contributed by atoms with E-state index < -0.39 is 8.07 Å². The molecule has 0 saturated heterocycles. The van der Waals surface area contributed by atoms with Gasteiger partial charge in [0.05, 0.1) is 44.1 Å². The van der Waals surface area contributed by atoms with Gasteiger partial charge in [-0.15, -0.1) is 0 Å². The number of para-hydroxylation sites is 8. The first kappa shape index (κ1) is 35.4. The van der Waals surface area contributed by atoms with Gasteiger partial charge in [-0.2, -0.15) is 0 Å². The van der Waals surface area contributed by atoms with E-state index in [1.165, 1.54) is 20.7 Å². The van der Waals surface area contributed by atoms with Gasteiger partial charge in [-0.25, -0.2) is 15.0 Å². The summed E-state index contributed by atoms with van der Waals surface area (Å²) in [7, 11) is -2.73. The normalized spacial score (nSPS) is 12.1. The molecule has 0 unspecified atom stereocenters. The van der Waals surface area contributed by atoms with Crippen molar-refractivity contribution in [2.45, 2.75) is 0 Å². The van der Waals surface area contributed by atoms with E-state index in [0.29, 0.717) is 0 Å². The van der Waals surface area contributed by atoms with Crippen LogP contribution in [0.15, 0.2) is 224 Å². The van der Waals surface area contributed by atoms with Crippen molar-refractivity contribution in [3.63, 3.8) is 0 Å². The monoisotopic (exact) mass is 823 g/mol. The van der Waals surface area contributed by atoms with Gasteiger partial charge in [0.1, 0.15) is 11.6 Å². The molecule has 0 fully saturated rings. The summed E-state index contributed by atoms with van der Waals surface area (Å²) in [5, 5.41) is 5.34. The molecule has 7 nitrogen and oxygen atoms in total. The molecule has 0 aliphatic heterocycles. The fraction of sp³-hybridized carbons (Fsp3) is 0. The molecule has 0 N–H and O–H groups in total. The Bertz CT molecular complexity index is 3580. The van der Waals surface area contributed by atoms with Crippen LogP contribution >= 0.6 is 0 Å². The highest BCUT2D eigenvalue weighted by Gasteiger charge is 2.41. The number of pyridine rings is 1. The molecule has 0 saturated carbocycles. The fourth-order valence-electron chi connectivity index (χ4n) is 10.0. The van der Waals surface area contributed by atoms with E-state index >= 15 is 0 Å². The molecule has 5 heterocycles. The molecular weight excluding hydrogens is 787 g/mol. The molecule has 8 aromatic carbocycles. The van der Waals surface area contributed by atoms with Gasteiger partial charge >= 0.3 is 0 Å². The third kappa shape index (κ3) is 5.22. The number of hydrogen-bond donors (Lipinski definition) is 0. The Labute approximate surface area is 363 Å². The Kier molecular flexibility index (Phi) is 7.79. The summed E-state index contributed by atoms with van der Waals surface area (Å²) in [6.07, 6.45) is 0. The van der Waals surface area contributed by atoms with Crippen LogP contribution in [0.1, 0.15) is 0 Å². The van der Waals surface area contributed by atoms with E-state index in [0.717, 1.165) is 78.5 Å². The van der Waals surface area contributed by atoms with Crippen LogP contribution in [-0.4, -0.2) is 41.0 Å². The Morgan fingerprint density at radius 1 is 0.286 bits per heavy atom. The van der Waals surface area contributed by atoms with Gasteiger partial charge < -0.3 is 0 Å². The highest BCUT2D eigenvalue weighted by atomic mass is 28.3. The molecule has 63 heavy (non-hydrogen) atoms. The van der Waals surface area contributed by atoms with Crippen molar-refractivity contribution in [3.05, 3.63) is 224 Å². The van der Waals surface area contributed by atoms with E-state index in [1.807, 2.05) is 12.1 Å². The lowest BCUT2D eigenvalue weighted by Gasteiger charge is -2.34. The summed E-state index contributed by atoms with van der Waals surface area (Å²) in [6.45, 7) is 0. The molecule has 0 aliphatic rings. The number of hydrogen-bond acceptors (Lipinski definition) is 3. The van der Waals surface area contributed by atoms with Crippen LogP contribution in [0.5, 0.6) is 0 Å². The number of fused-ring (bicyclic) bond motifs is 10. The van der Waals surface area contributed by atoms with Gasteiger partial charge in [0.15, 0.2) is 8.07 Å². The van der Waals surface area contributed by atoms with Crippen molar-refractivity contribution in [2.24, 2.45) is 0 Å². The SMILES string of the molecule is c1ccc([Si](c2ccccc2)(c2ccccc2)c2ccc(-c3cc(-n4c5ccccc5n5c6ccccc6nc45)nc(-n4c5ccccc5n5c6ccccc6nc45)c3)cc2)cc1. The second-order valence-corrected chi connectivity index (χ2v) is 19.9.